The molecule has 0 saturated heterocycles. The summed E-state index contributed by atoms with van der Waals surface area (Å²) in [6.45, 7) is 6.34. The molecule has 23 heavy (non-hydrogen) atoms. The smallest absolute Gasteiger partial charge is 0.131 e. The van der Waals surface area contributed by atoms with Gasteiger partial charge in [0.15, 0.2) is 0 Å². The molecule has 3 rings (SSSR count). The first-order valence-corrected chi connectivity index (χ1v) is 7.59. The molecule has 1 heterocycles. The number of aromatic nitrogens is 1. The molecule has 3 aromatic rings. The van der Waals surface area contributed by atoms with Crippen molar-refractivity contribution in [1.82, 2.24) is 4.98 Å². The Morgan fingerprint density at radius 1 is 0.870 bits per heavy atom. The van der Waals surface area contributed by atoms with Crippen LogP contribution in [0.3, 0.4) is 0 Å². The lowest BCUT2D eigenvalue weighted by Crippen LogP contribution is -1.96. The van der Waals surface area contributed by atoms with Gasteiger partial charge in [0.05, 0.1) is 0 Å². The number of nitrogens with zero attached hydrogens (tertiary/aromatic N) is 1. The van der Waals surface area contributed by atoms with Crippen molar-refractivity contribution in [3.8, 4) is 28.0 Å². The third-order valence-corrected chi connectivity index (χ3v) is 4.34. The molecule has 0 aliphatic carbocycles. The molecule has 0 bridgehead atoms. The van der Waals surface area contributed by atoms with E-state index in [1.165, 1.54) is 16.7 Å². The van der Waals surface area contributed by atoms with E-state index in [2.05, 4.69) is 37.9 Å². The molecule has 0 aliphatic heterocycles. The van der Waals surface area contributed by atoms with Crippen LogP contribution >= 0.6 is 0 Å². The third kappa shape index (κ3) is 2.90. The highest BCUT2D eigenvalue weighted by atomic mass is 16.3. The molecule has 0 atom stereocenters. The van der Waals surface area contributed by atoms with Crippen LogP contribution in [-0.2, 0) is 0 Å². The molecular formula is C20H20N2O. The summed E-state index contributed by atoms with van der Waals surface area (Å²) >= 11 is 0. The molecule has 0 spiro atoms. The van der Waals surface area contributed by atoms with Gasteiger partial charge in [-0.05, 0) is 66.8 Å². The summed E-state index contributed by atoms with van der Waals surface area (Å²) < 4.78 is 0. The number of benzene rings is 2. The van der Waals surface area contributed by atoms with E-state index in [1.54, 1.807) is 18.3 Å². The number of phenolic OH excluding ortho intramolecular Hbond substituents is 1. The molecule has 3 N–H and O–H groups in total. The molecular weight excluding hydrogens is 284 g/mol. The number of hydrogen-bond acceptors (Lipinski definition) is 3. The van der Waals surface area contributed by atoms with Gasteiger partial charge in [0.25, 0.3) is 0 Å². The third-order valence-electron chi connectivity index (χ3n) is 4.34. The maximum Gasteiger partial charge on any atom is 0.131 e. The predicted molar refractivity (Wildman–Crippen MR) is 95.4 cm³/mol. The number of pyridine rings is 1. The van der Waals surface area contributed by atoms with Crippen LogP contribution in [0.25, 0.3) is 22.3 Å². The number of aromatic hydroxyl groups is 1. The number of rotatable bonds is 2. The summed E-state index contributed by atoms with van der Waals surface area (Å²) in [7, 11) is 0. The van der Waals surface area contributed by atoms with E-state index in [0.717, 1.165) is 22.3 Å². The quantitative estimate of drug-likeness (QED) is 0.725. The molecule has 1 aromatic heterocycles. The van der Waals surface area contributed by atoms with Crippen LogP contribution < -0.4 is 5.73 Å². The van der Waals surface area contributed by atoms with Crippen LogP contribution in [0.5, 0.6) is 5.75 Å². The first kappa shape index (κ1) is 15.1. The van der Waals surface area contributed by atoms with Crippen LogP contribution in [0, 0.1) is 20.8 Å². The monoisotopic (exact) mass is 304 g/mol. The summed E-state index contributed by atoms with van der Waals surface area (Å²) in [6.07, 6.45) is 1.74. The van der Waals surface area contributed by atoms with Gasteiger partial charge in [0.1, 0.15) is 11.6 Å². The second-order valence-corrected chi connectivity index (χ2v) is 5.94. The highest BCUT2D eigenvalue weighted by Gasteiger charge is 2.10. The van der Waals surface area contributed by atoms with Gasteiger partial charge in [0, 0.05) is 17.3 Å². The van der Waals surface area contributed by atoms with Crippen molar-refractivity contribution in [3.63, 3.8) is 0 Å². The minimum atomic E-state index is 0.239. The van der Waals surface area contributed by atoms with Crippen molar-refractivity contribution in [1.29, 1.82) is 0 Å². The molecule has 2 aromatic carbocycles. The lowest BCUT2D eigenvalue weighted by atomic mass is 9.95. The van der Waals surface area contributed by atoms with E-state index in [0.29, 0.717) is 5.82 Å². The Labute approximate surface area is 136 Å². The van der Waals surface area contributed by atoms with E-state index in [9.17, 15) is 5.11 Å². The predicted octanol–water partition coefficient (Wildman–Crippen LogP) is 4.63. The van der Waals surface area contributed by atoms with Crippen molar-refractivity contribution < 1.29 is 5.11 Å². The molecule has 116 valence electrons. The average molecular weight is 304 g/mol. The fourth-order valence-corrected chi connectivity index (χ4v) is 2.74. The maximum atomic E-state index is 9.67. The zero-order valence-corrected chi connectivity index (χ0v) is 13.6. The van der Waals surface area contributed by atoms with Gasteiger partial charge in [0.2, 0.25) is 0 Å². The summed E-state index contributed by atoms with van der Waals surface area (Å²) in [4.78, 5) is 4.34. The minimum absolute atomic E-state index is 0.239. The van der Waals surface area contributed by atoms with Crippen LogP contribution in [-0.4, -0.2) is 10.1 Å². The summed E-state index contributed by atoms with van der Waals surface area (Å²) in [5, 5.41) is 9.67. The Kier molecular flexibility index (Phi) is 3.78. The van der Waals surface area contributed by atoms with Gasteiger partial charge in [-0.25, -0.2) is 4.98 Å². The van der Waals surface area contributed by atoms with Crippen LogP contribution in [0.2, 0.25) is 0 Å². The van der Waals surface area contributed by atoms with E-state index >= 15 is 0 Å². The highest BCUT2D eigenvalue weighted by Crippen LogP contribution is 2.32. The maximum absolute atomic E-state index is 9.67. The molecule has 0 fully saturated rings. The Hall–Kier alpha value is -2.81. The number of aryl methyl sites for hydroxylation is 2. The van der Waals surface area contributed by atoms with Crippen LogP contribution in [0.15, 0.2) is 48.7 Å². The van der Waals surface area contributed by atoms with Crippen molar-refractivity contribution in [2.24, 2.45) is 0 Å². The molecule has 3 heteroatoms. The van der Waals surface area contributed by atoms with Gasteiger partial charge < -0.3 is 10.8 Å². The fraction of sp³-hybridized carbons (Fsp3) is 0.150. The minimum Gasteiger partial charge on any atom is -0.508 e. The van der Waals surface area contributed by atoms with Crippen molar-refractivity contribution in [3.05, 3.63) is 65.4 Å². The van der Waals surface area contributed by atoms with Crippen molar-refractivity contribution >= 4 is 5.82 Å². The Morgan fingerprint density at radius 2 is 1.57 bits per heavy atom. The number of nitrogens with two attached hydrogens (primary N) is 1. The number of phenols is 1. The van der Waals surface area contributed by atoms with Crippen molar-refractivity contribution in [2.45, 2.75) is 20.8 Å². The summed E-state index contributed by atoms with van der Waals surface area (Å²) in [6, 6.07) is 13.5. The zero-order valence-electron chi connectivity index (χ0n) is 13.6. The lowest BCUT2D eigenvalue weighted by molar-refractivity contribution is 0.475. The molecule has 0 saturated carbocycles. The van der Waals surface area contributed by atoms with Gasteiger partial charge in [-0.3, -0.25) is 0 Å². The van der Waals surface area contributed by atoms with Gasteiger partial charge in [-0.1, -0.05) is 24.3 Å². The van der Waals surface area contributed by atoms with E-state index in [-0.39, 0.29) is 5.75 Å². The van der Waals surface area contributed by atoms with Crippen molar-refractivity contribution in [2.75, 3.05) is 5.73 Å². The zero-order chi connectivity index (χ0) is 16.6. The van der Waals surface area contributed by atoms with E-state index in [4.69, 9.17) is 5.73 Å². The average Bonchev–Trinajstić information content (AvgIpc) is 2.52. The largest absolute Gasteiger partial charge is 0.508 e. The molecule has 0 unspecified atom stereocenters. The number of hydrogen-bond donors (Lipinski definition) is 2. The fourth-order valence-electron chi connectivity index (χ4n) is 2.74. The second kappa shape index (κ2) is 5.76. The topological polar surface area (TPSA) is 59.1 Å². The molecule has 0 radical (unpaired) electrons. The Bertz CT molecular complexity index is 862. The Balaban J connectivity index is 2.15. The highest BCUT2D eigenvalue weighted by molar-refractivity contribution is 5.80. The second-order valence-electron chi connectivity index (χ2n) is 5.94. The van der Waals surface area contributed by atoms with Crippen LogP contribution in [0.1, 0.15) is 16.7 Å². The first-order valence-electron chi connectivity index (χ1n) is 7.59. The Morgan fingerprint density at radius 3 is 2.22 bits per heavy atom. The SMILES string of the molecule is Cc1cc(-c2cc(-c3cccc(O)c3)cnc2N)cc(C)c1C. The van der Waals surface area contributed by atoms with Gasteiger partial charge in [-0.15, -0.1) is 0 Å². The number of anilines is 1. The lowest BCUT2D eigenvalue weighted by Gasteiger charge is -2.12. The van der Waals surface area contributed by atoms with E-state index < -0.39 is 0 Å². The number of nitrogen functional groups attached to an aromatic ring is 1. The summed E-state index contributed by atoms with van der Waals surface area (Å²) in [5.74, 6) is 0.749. The van der Waals surface area contributed by atoms with Gasteiger partial charge >= 0.3 is 0 Å². The van der Waals surface area contributed by atoms with Gasteiger partial charge in [-0.2, -0.15) is 0 Å². The summed E-state index contributed by atoms with van der Waals surface area (Å²) in [5.41, 5.74) is 13.7. The molecule has 0 aliphatic rings. The normalized spacial score (nSPS) is 10.7. The molecule has 3 nitrogen and oxygen atoms in total. The van der Waals surface area contributed by atoms with Crippen LogP contribution in [0.4, 0.5) is 5.82 Å². The molecule has 0 amide bonds. The standard InChI is InChI=1S/C20H20N2O/c1-12-7-16(8-13(2)14(12)3)19-10-17(11-22-20(19)21)15-5-4-6-18(23)9-15/h4-11,23H,1-3H3,(H2,21,22). The first-order chi connectivity index (χ1) is 11.0. The van der Waals surface area contributed by atoms with E-state index in [1.807, 2.05) is 18.2 Å².